The second kappa shape index (κ2) is 8.50. The van der Waals surface area contributed by atoms with E-state index in [1.807, 2.05) is 0 Å². The van der Waals surface area contributed by atoms with Crippen LogP contribution >= 0.6 is 22.9 Å². The number of benzene rings is 1. The molecule has 2 amide bonds. The Morgan fingerprint density at radius 2 is 1.72 bits per heavy atom. The van der Waals surface area contributed by atoms with Gasteiger partial charge in [0.1, 0.15) is 10.8 Å². The molecular formula is C20H17ClN2O5S. The number of methoxy groups -OCH3 is 1. The van der Waals surface area contributed by atoms with Crippen LogP contribution in [0.3, 0.4) is 0 Å². The van der Waals surface area contributed by atoms with Crippen molar-refractivity contribution < 1.29 is 23.5 Å². The van der Waals surface area contributed by atoms with Crippen molar-refractivity contribution in [2.45, 2.75) is 13.8 Å². The zero-order valence-electron chi connectivity index (χ0n) is 15.8. The molecule has 0 aliphatic carbocycles. The van der Waals surface area contributed by atoms with E-state index >= 15 is 0 Å². The number of carbonyl (C=O) groups is 3. The van der Waals surface area contributed by atoms with Crippen molar-refractivity contribution in [3.05, 3.63) is 68.9 Å². The summed E-state index contributed by atoms with van der Waals surface area (Å²) in [6, 6.07) is 8.15. The van der Waals surface area contributed by atoms with Crippen LogP contribution in [0.2, 0.25) is 5.02 Å². The van der Waals surface area contributed by atoms with Gasteiger partial charge in [0.2, 0.25) is 0 Å². The maximum Gasteiger partial charge on any atom is 0.341 e. The summed E-state index contributed by atoms with van der Waals surface area (Å²) in [5, 5.41) is 6.19. The number of esters is 1. The fourth-order valence-electron chi connectivity index (χ4n) is 2.68. The van der Waals surface area contributed by atoms with Crippen LogP contribution in [-0.4, -0.2) is 24.9 Å². The number of nitrogens with one attached hydrogen (secondary N) is 2. The van der Waals surface area contributed by atoms with Crippen molar-refractivity contribution in [1.82, 2.24) is 0 Å². The summed E-state index contributed by atoms with van der Waals surface area (Å²) in [4.78, 5) is 37.9. The molecule has 0 radical (unpaired) electrons. The summed E-state index contributed by atoms with van der Waals surface area (Å²) in [5.74, 6) is -1.08. The number of rotatable bonds is 5. The van der Waals surface area contributed by atoms with E-state index in [-0.39, 0.29) is 15.4 Å². The molecule has 1 aromatic carbocycles. The number of amides is 2. The quantitative estimate of drug-likeness (QED) is 0.558. The van der Waals surface area contributed by atoms with Gasteiger partial charge in [0.05, 0.1) is 29.4 Å². The molecule has 2 aromatic heterocycles. The van der Waals surface area contributed by atoms with Crippen LogP contribution < -0.4 is 10.6 Å². The molecule has 0 bridgehead atoms. The number of anilines is 2. The molecule has 0 aliphatic rings. The lowest BCUT2D eigenvalue weighted by Gasteiger charge is -2.05. The molecule has 0 atom stereocenters. The van der Waals surface area contributed by atoms with Crippen LogP contribution in [0.1, 0.15) is 41.7 Å². The molecule has 0 saturated carbocycles. The lowest BCUT2D eigenvalue weighted by molar-refractivity contribution is 0.0601. The highest BCUT2D eigenvalue weighted by atomic mass is 35.5. The van der Waals surface area contributed by atoms with Gasteiger partial charge in [0, 0.05) is 10.7 Å². The molecular weight excluding hydrogens is 416 g/mol. The van der Waals surface area contributed by atoms with E-state index in [1.165, 1.54) is 19.4 Å². The van der Waals surface area contributed by atoms with E-state index in [0.717, 1.165) is 11.3 Å². The Kier molecular flexibility index (Phi) is 6.05. The molecule has 29 heavy (non-hydrogen) atoms. The van der Waals surface area contributed by atoms with Gasteiger partial charge in [-0.15, -0.1) is 11.3 Å². The minimum atomic E-state index is -0.650. The number of aryl methyl sites for hydroxylation is 1. The van der Waals surface area contributed by atoms with Crippen molar-refractivity contribution in [1.29, 1.82) is 0 Å². The molecule has 150 valence electrons. The summed E-state index contributed by atoms with van der Waals surface area (Å²) in [5.41, 5.74) is 1.42. The predicted octanol–water partition coefficient (Wildman–Crippen LogP) is 4.90. The third-order valence-corrected chi connectivity index (χ3v) is 5.63. The monoisotopic (exact) mass is 432 g/mol. The molecule has 0 spiro atoms. The molecule has 7 nitrogen and oxygen atoms in total. The largest absolute Gasteiger partial charge is 0.469 e. The van der Waals surface area contributed by atoms with Crippen molar-refractivity contribution >= 4 is 51.4 Å². The molecule has 2 heterocycles. The van der Waals surface area contributed by atoms with Gasteiger partial charge in [-0.2, -0.15) is 0 Å². The van der Waals surface area contributed by atoms with Gasteiger partial charge in [-0.3, -0.25) is 9.59 Å². The fourth-order valence-corrected chi connectivity index (χ4v) is 3.89. The van der Waals surface area contributed by atoms with E-state index in [4.69, 9.17) is 20.8 Å². The zero-order valence-corrected chi connectivity index (χ0v) is 17.4. The van der Waals surface area contributed by atoms with Crippen molar-refractivity contribution in [2.24, 2.45) is 0 Å². The van der Waals surface area contributed by atoms with Crippen molar-refractivity contribution in [3.63, 3.8) is 0 Å². The third kappa shape index (κ3) is 4.33. The predicted molar refractivity (Wildman–Crippen MR) is 111 cm³/mol. The summed E-state index contributed by atoms with van der Waals surface area (Å²) in [7, 11) is 1.23. The summed E-state index contributed by atoms with van der Waals surface area (Å²) < 4.78 is 9.97. The molecule has 9 heteroatoms. The van der Waals surface area contributed by atoms with Crippen LogP contribution in [0.25, 0.3) is 0 Å². The Labute approximate surface area is 175 Å². The number of furan rings is 1. The van der Waals surface area contributed by atoms with E-state index in [1.54, 1.807) is 38.1 Å². The Morgan fingerprint density at radius 1 is 1.03 bits per heavy atom. The molecule has 2 N–H and O–H groups in total. The van der Waals surface area contributed by atoms with Crippen LogP contribution in [0, 0.1) is 13.8 Å². The number of carbonyl (C=O) groups excluding carboxylic acids is 3. The SMILES string of the molecule is COC(=O)c1c(NC(=O)c2ccoc2C)sc(C(=O)Nc2ccc(Cl)cc2)c1C. The molecule has 3 rings (SSSR count). The first-order chi connectivity index (χ1) is 13.8. The smallest absolute Gasteiger partial charge is 0.341 e. The molecule has 0 fully saturated rings. The third-order valence-electron chi connectivity index (χ3n) is 4.18. The average Bonchev–Trinajstić information content (AvgIpc) is 3.26. The van der Waals surface area contributed by atoms with Gasteiger partial charge in [0.15, 0.2) is 0 Å². The Hall–Kier alpha value is -3.10. The highest BCUT2D eigenvalue weighted by Crippen LogP contribution is 2.34. The maximum absolute atomic E-state index is 12.8. The van der Waals surface area contributed by atoms with Crippen LogP contribution in [0.5, 0.6) is 0 Å². The second-order valence-electron chi connectivity index (χ2n) is 6.06. The Bertz CT molecular complexity index is 1080. The van der Waals surface area contributed by atoms with E-state index in [0.29, 0.717) is 27.6 Å². The zero-order chi connectivity index (χ0) is 21.1. The normalized spacial score (nSPS) is 10.5. The maximum atomic E-state index is 12.8. The van der Waals surface area contributed by atoms with Crippen molar-refractivity contribution in [2.75, 3.05) is 17.7 Å². The van der Waals surface area contributed by atoms with Gasteiger partial charge in [0.25, 0.3) is 11.8 Å². The second-order valence-corrected chi connectivity index (χ2v) is 7.51. The molecule has 0 aliphatic heterocycles. The number of hydrogen-bond donors (Lipinski definition) is 2. The Morgan fingerprint density at radius 3 is 2.31 bits per heavy atom. The van der Waals surface area contributed by atoms with E-state index < -0.39 is 17.8 Å². The van der Waals surface area contributed by atoms with Crippen LogP contribution in [-0.2, 0) is 4.74 Å². The standard InChI is InChI=1S/C20H17ClN2O5S/c1-10-15(20(26)27-3)19(23-17(24)14-8-9-28-11(14)2)29-16(10)18(25)22-13-6-4-12(21)5-7-13/h4-9H,1-3H3,(H,22,25)(H,23,24). The number of hydrogen-bond acceptors (Lipinski definition) is 6. The fraction of sp³-hybridized carbons (Fsp3) is 0.150. The first-order valence-electron chi connectivity index (χ1n) is 8.46. The average molecular weight is 433 g/mol. The highest BCUT2D eigenvalue weighted by Gasteiger charge is 2.27. The first-order valence-corrected chi connectivity index (χ1v) is 9.65. The van der Waals surface area contributed by atoms with E-state index in [2.05, 4.69) is 10.6 Å². The van der Waals surface area contributed by atoms with Gasteiger partial charge in [-0.25, -0.2) is 4.79 Å². The van der Waals surface area contributed by atoms with Crippen molar-refractivity contribution in [3.8, 4) is 0 Å². The first kappa shape index (κ1) is 20.6. The minimum absolute atomic E-state index is 0.133. The molecule has 0 saturated heterocycles. The van der Waals surface area contributed by atoms with Gasteiger partial charge in [-0.05, 0) is 49.7 Å². The summed E-state index contributed by atoms with van der Waals surface area (Å²) in [6.45, 7) is 3.28. The van der Waals surface area contributed by atoms with Crippen LogP contribution in [0.15, 0.2) is 41.0 Å². The van der Waals surface area contributed by atoms with E-state index in [9.17, 15) is 14.4 Å². The number of ether oxygens (including phenoxy) is 1. The number of halogens is 1. The lowest BCUT2D eigenvalue weighted by atomic mass is 10.1. The molecule has 0 unspecified atom stereocenters. The summed E-state index contributed by atoms with van der Waals surface area (Å²) in [6.07, 6.45) is 1.40. The van der Waals surface area contributed by atoms with Gasteiger partial charge < -0.3 is 19.8 Å². The van der Waals surface area contributed by atoms with Gasteiger partial charge in [-0.1, -0.05) is 11.6 Å². The Balaban J connectivity index is 1.93. The summed E-state index contributed by atoms with van der Waals surface area (Å²) >= 11 is 6.85. The number of thiophene rings is 1. The molecule has 3 aromatic rings. The van der Waals surface area contributed by atoms with Gasteiger partial charge >= 0.3 is 5.97 Å². The van der Waals surface area contributed by atoms with Crippen LogP contribution in [0.4, 0.5) is 10.7 Å². The minimum Gasteiger partial charge on any atom is -0.469 e. The topological polar surface area (TPSA) is 97.6 Å². The highest BCUT2D eigenvalue weighted by molar-refractivity contribution is 7.19. The lowest BCUT2D eigenvalue weighted by Crippen LogP contribution is -2.14.